The molecule has 0 aliphatic rings. The Balaban J connectivity index is 1.59. The predicted octanol–water partition coefficient (Wildman–Crippen LogP) is 4.31. The lowest BCUT2D eigenvalue weighted by molar-refractivity contribution is -0.120. The molecule has 0 spiro atoms. The normalized spacial score (nSPS) is 10.6. The van der Waals surface area contributed by atoms with Gasteiger partial charge in [0.2, 0.25) is 0 Å². The molecule has 2 amide bonds. The minimum absolute atomic E-state index is 0.258. The molecule has 3 aromatic rings. The van der Waals surface area contributed by atoms with E-state index in [0.717, 1.165) is 4.47 Å². The van der Waals surface area contributed by atoms with Gasteiger partial charge in [0.05, 0.1) is 23.9 Å². The van der Waals surface area contributed by atoms with Crippen molar-refractivity contribution in [2.45, 2.75) is 0 Å². The number of hydrazone groups is 1. The van der Waals surface area contributed by atoms with Gasteiger partial charge in [0.25, 0.3) is 11.8 Å². The first-order valence-electron chi connectivity index (χ1n) is 9.35. The van der Waals surface area contributed by atoms with Crippen molar-refractivity contribution in [3.8, 4) is 5.75 Å². The van der Waals surface area contributed by atoms with Crippen molar-refractivity contribution in [1.29, 1.82) is 0 Å². The fourth-order valence-electron chi connectivity index (χ4n) is 2.56. The van der Waals surface area contributed by atoms with Gasteiger partial charge in [-0.25, -0.2) is 10.2 Å². The highest BCUT2D eigenvalue weighted by Gasteiger charge is 2.12. The highest BCUT2D eigenvalue weighted by atomic mass is 79.9. The number of benzene rings is 3. The molecule has 162 valence electrons. The smallest absolute Gasteiger partial charge is 0.343 e. The number of nitrogens with zero attached hydrogens (tertiary/aromatic N) is 1. The van der Waals surface area contributed by atoms with Gasteiger partial charge in [0.15, 0.2) is 0 Å². The fourth-order valence-corrected chi connectivity index (χ4v) is 3.40. The van der Waals surface area contributed by atoms with Gasteiger partial charge in [-0.3, -0.25) is 9.59 Å². The molecular weight excluding hydrogens is 542 g/mol. The summed E-state index contributed by atoms with van der Waals surface area (Å²) in [5, 5.41) is 6.42. The largest absolute Gasteiger partial charge is 0.422 e. The lowest BCUT2D eigenvalue weighted by atomic mass is 10.2. The number of hydrogen-bond donors (Lipinski definition) is 2. The summed E-state index contributed by atoms with van der Waals surface area (Å²) < 4.78 is 6.83. The van der Waals surface area contributed by atoms with Gasteiger partial charge in [-0.2, -0.15) is 5.10 Å². The summed E-state index contributed by atoms with van der Waals surface area (Å²) in [6, 6.07) is 20.5. The molecule has 32 heavy (non-hydrogen) atoms. The molecule has 3 aromatic carbocycles. The van der Waals surface area contributed by atoms with Crippen LogP contribution in [-0.2, 0) is 4.79 Å². The van der Waals surface area contributed by atoms with Crippen LogP contribution < -0.4 is 15.5 Å². The SMILES string of the molecule is O=C(CNC(=O)c1ccccc1Br)NN=Cc1cc(Br)ccc1OC(=O)c1ccccc1. The number of halogens is 2. The zero-order valence-corrected chi connectivity index (χ0v) is 19.7. The molecule has 0 aliphatic heterocycles. The quantitative estimate of drug-likeness (QED) is 0.195. The molecule has 0 bridgehead atoms. The van der Waals surface area contributed by atoms with Crippen LogP contribution >= 0.6 is 31.9 Å². The summed E-state index contributed by atoms with van der Waals surface area (Å²) in [4.78, 5) is 36.5. The molecule has 0 atom stereocenters. The predicted molar refractivity (Wildman–Crippen MR) is 128 cm³/mol. The number of carbonyl (C=O) groups excluding carboxylic acids is 3. The number of ether oxygens (including phenoxy) is 1. The standard InChI is InChI=1S/C23H17Br2N3O4/c24-17-10-11-20(32-23(31)15-6-2-1-3-7-15)16(12-17)13-27-28-21(29)14-26-22(30)18-8-4-5-9-19(18)25/h1-13H,14H2,(H,26,30)(H,28,29). The minimum Gasteiger partial charge on any atom is -0.422 e. The van der Waals surface area contributed by atoms with Crippen LogP contribution in [0.25, 0.3) is 0 Å². The number of rotatable bonds is 7. The van der Waals surface area contributed by atoms with Crippen LogP contribution in [0, 0.1) is 0 Å². The van der Waals surface area contributed by atoms with Crippen LogP contribution in [0.4, 0.5) is 0 Å². The fraction of sp³-hybridized carbons (Fsp3) is 0.0435. The molecule has 0 radical (unpaired) electrons. The van der Waals surface area contributed by atoms with E-state index in [-0.39, 0.29) is 12.3 Å². The second kappa shape index (κ2) is 11.4. The van der Waals surface area contributed by atoms with E-state index < -0.39 is 17.8 Å². The van der Waals surface area contributed by atoms with Crippen molar-refractivity contribution in [2.75, 3.05) is 6.54 Å². The number of nitrogens with one attached hydrogen (secondary N) is 2. The maximum atomic E-state index is 12.3. The van der Waals surface area contributed by atoms with E-state index >= 15 is 0 Å². The third kappa shape index (κ3) is 6.60. The molecule has 3 rings (SSSR count). The lowest BCUT2D eigenvalue weighted by Gasteiger charge is -2.08. The van der Waals surface area contributed by atoms with Crippen molar-refractivity contribution >= 4 is 55.9 Å². The van der Waals surface area contributed by atoms with Crippen molar-refractivity contribution in [1.82, 2.24) is 10.7 Å². The number of esters is 1. The van der Waals surface area contributed by atoms with Crippen molar-refractivity contribution < 1.29 is 19.1 Å². The van der Waals surface area contributed by atoms with Gasteiger partial charge in [0, 0.05) is 14.5 Å². The Kier molecular flexibility index (Phi) is 8.29. The highest BCUT2D eigenvalue weighted by molar-refractivity contribution is 9.10. The molecule has 0 unspecified atom stereocenters. The highest BCUT2D eigenvalue weighted by Crippen LogP contribution is 2.23. The van der Waals surface area contributed by atoms with Crippen LogP contribution in [0.5, 0.6) is 5.75 Å². The van der Waals surface area contributed by atoms with Crippen molar-refractivity contribution in [2.24, 2.45) is 5.10 Å². The van der Waals surface area contributed by atoms with Crippen LogP contribution in [-0.4, -0.2) is 30.5 Å². The molecule has 0 fully saturated rings. The summed E-state index contributed by atoms with van der Waals surface area (Å²) in [5.74, 6) is -1.14. The van der Waals surface area contributed by atoms with E-state index in [0.29, 0.717) is 21.2 Å². The summed E-state index contributed by atoms with van der Waals surface area (Å²) >= 11 is 6.65. The van der Waals surface area contributed by atoms with Gasteiger partial charge in [0.1, 0.15) is 5.75 Å². The monoisotopic (exact) mass is 557 g/mol. The zero-order chi connectivity index (χ0) is 22.9. The third-order valence-corrected chi connectivity index (χ3v) is 5.29. The zero-order valence-electron chi connectivity index (χ0n) is 16.5. The van der Waals surface area contributed by atoms with E-state index in [2.05, 4.69) is 47.7 Å². The molecule has 0 heterocycles. The molecule has 7 nitrogen and oxygen atoms in total. The van der Waals surface area contributed by atoms with E-state index in [4.69, 9.17) is 4.74 Å². The topological polar surface area (TPSA) is 96.9 Å². The van der Waals surface area contributed by atoms with Crippen LogP contribution in [0.3, 0.4) is 0 Å². The lowest BCUT2D eigenvalue weighted by Crippen LogP contribution is -2.35. The maximum Gasteiger partial charge on any atom is 0.343 e. The summed E-state index contributed by atoms with van der Waals surface area (Å²) in [7, 11) is 0. The van der Waals surface area contributed by atoms with E-state index in [1.807, 2.05) is 0 Å². The molecule has 0 saturated heterocycles. The first-order chi connectivity index (χ1) is 15.4. The van der Waals surface area contributed by atoms with Gasteiger partial charge in [-0.1, -0.05) is 46.3 Å². The van der Waals surface area contributed by atoms with Gasteiger partial charge >= 0.3 is 5.97 Å². The Morgan fingerprint density at radius 3 is 2.41 bits per heavy atom. The number of carbonyl (C=O) groups is 3. The molecular formula is C23H17Br2N3O4. The molecule has 2 N–H and O–H groups in total. The van der Waals surface area contributed by atoms with Crippen LogP contribution in [0.2, 0.25) is 0 Å². The first kappa shape index (κ1) is 23.4. The summed E-state index contributed by atoms with van der Waals surface area (Å²) in [6.45, 7) is -0.258. The average molecular weight is 559 g/mol. The summed E-state index contributed by atoms with van der Waals surface area (Å²) in [6.07, 6.45) is 1.35. The molecule has 0 aromatic heterocycles. The molecule has 9 heteroatoms. The minimum atomic E-state index is -0.514. The first-order valence-corrected chi connectivity index (χ1v) is 10.9. The van der Waals surface area contributed by atoms with E-state index in [1.165, 1.54) is 6.21 Å². The van der Waals surface area contributed by atoms with Crippen LogP contribution in [0.1, 0.15) is 26.3 Å². The Bertz CT molecular complexity index is 1170. The number of amides is 2. The van der Waals surface area contributed by atoms with Crippen molar-refractivity contribution in [3.63, 3.8) is 0 Å². The van der Waals surface area contributed by atoms with E-state index in [1.54, 1.807) is 72.8 Å². The second-order valence-corrected chi connectivity index (χ2v) is 8.16. The summed E-state index contributed by atoms with van der Waals surface area (Å²) in [5.41, 5.74) is 3.63. The Hall–Kier alpha value is -3.30. The maximum absolute atomic E-state index is 12.3. The average Bonchev–Trinajstić information content (AvgIpc) is 2.80. The molecule has 0 saturated carbocycles. The second-order valence-electron chi connectivity index (χ2n) is 6.39. The molecule has 0 aliphatic carbocycles. The van der Waals surface area contributed by atoms with Gasteiger partial charge < -0.3 is 10.1 Å². The van der Waals surface area contributed by atoms with Crippen molar-refractivity contribution in [3.05, 3.63) is 98.4 Å². The third-order valence-electron chi connectivity index (χ3n) is 4.10. The number of hydrogen-bond acceptors (Lipinski definition) is 5. The Morgan fingerprint density at radius 1 is 0.938 bits per heavy atom. The van der Waals surface area contributed by atoms with Crippen LogP contribution in [0.15, 0.2) is 86.8 Å². The Labute approximate surface area is 201 Å². The Morgan fingerprint density at radius 2 is 1.66 bits per heavy atom. The van der Waals surface area contributed by atoms with Gasteiger partial charge in [-0.05, 0) is 58.4 Å². The van der Waals surface area contributed by atoms with E-state index in [9.17, 15) is 14.4 Å². The van der Waals surface area contributed by atoms with Gasteiger partial charge in [-0.15, -0.1) is 0 Å².